The van der Waals surface area contributed by atoms with Gasteiger partial charge in [0.05, 0.1) is 10.7 Å². The van der Waals surface area contributed by atoms with Crippen molar-refractivity contribution in [1.82, 2.24) is 10.3 Å². The second kappa shape index (κ2) is 6.95. The minimum atomic E-state index is 0.323. The topological polar surface area (TPSA) is 34.2 Å². The van der Waals surface area contributed by atoms with Crippen molar-refractivity contribution in [2.45, 2.75) is 51.2 Å². The van der Waals surface area contributed by atoms with E-state index in [-0.39, 0.29) is 0 Å². The van der Waals surface area contributed by atoms with Gasteiger partial charge >= 0.3 is 0 Å². The Morgan fingerprint density at radius 1 is 1.28 bits per heavy atom. The summed E-state index contributed by atoms with van der Waals surface area (Å²) >= 11 is 6.09. The molecule has 1 aromatic heterocycles. The molecule has 3 nitrogen and oxygen atoms in total. The zero-order chi connectivity index (χ0) is 12.8. The van der Waals surface area contributed by atoms with E-state index in [2.05, 4.69) is 10.3 Å². The Morgan fingerprint density at radius 3 is 2.67 bits per heavy atom. The molecule has 2 rings (SSSR count). The summed E-state index contributed by atoms with van der Waals surface area (Å²) in [5, 5.41) is 3.76. The summed E-state index contributed by atoms with van der Waals surface area (Å²) in [7, 11) is 1.89. The monoisotopic (exact) mass is 268 g/mol. The lowest BCUT2D eigenvalue weighted by atomic mass is 10.1. The van der Waals surface area contributed by atoms with Crippen molar-refractivity contribution in [3.8, 4) is 5.88 Å². The van der Waals surface area contributed by atoms with E-state index in [0.29, 0.717) is 23.6 Å². The van der Waals surface area contributed by atoms with E-state index in [1.807, 2.05) is 19.2 Å². The fourth-order valence-corrected chi connectivity index (χ4v) is 2.52. The van der Waals surface area contributed by atoms with E-state index >= 15 is 0 Å². The Bertz CT molecular complexity index is 376. The smallest absolute Gasteiger partial charge is 0.213 e. The number of halogens is 1. The average molecular weight is 269 g/mol. The third kappa shape index (κ3) is 3.85. The lowest BCUT2D eigenvalue weighted by Gasteiger charge is -2.16. The lowest BCUT2D eigenvalue weighted by Crippen LogP contribution is -2.16. The van der Waals surface area contributed by atoms with Crippen LogP contribution in [0.15, 0.2) is 12.1 Å². The van der Waals surface area contributed by atoms with Gasteiger partial charge < -0.3 is 10.1 Å². The van der Waals surface area contributed by atoms with Crippen LogP contribution in [-0.2, 0) is 6.54 Å². The Labute approximate surface area is 114 Å². The number of ether oxygens (including phenoxy) is 1. The largest absolute Gasteiger partial charge is 0.474 e. The molecule has 1 saturated carbocycles. The molecular weight excluding hydrogens is 248 g/mol. The Kier molecular flexibility index (Phi) is 5.26. The highest BCUT2D eigenvalue weighted by Crippen LogP contribution is 2.23. The van der Waals surface area contributed by atoms with Gasteiger partial charge in [-0.1, -0.05) is 24.4 Å². The SMILES string of the molecule is CNCc1nc(OC2CCCCCC2)ccc1Cl. The minimum absolute atomic E-state index is 0.323. The first kappa shape index (κ1) is 13.6. The Balaban J connectivity index is 2.01. The molecule has 0 spiro atoms. The number of hydrogen-bond donors (Lipinski definition) is 1. The standard InChI is InChI=1S/C14H21ClN2O/c1-16-10-13-12(15)8-9-14(17-13)18-11-6-4-2-3-5-7-11/h8-9,11,16H,2-7,10H2,1H3. The predicted octanol–water partition coefficient (Wildman–Crippen LogP) is 3.56. The molecule has 0 bridgehead atoms. The number of rotatable bonds is 4. The molecule has 1 N–H and O–H groups in total. The van der Waals surface area contributed by atoms with Gasteiger partial charge in [0.1, 0.15) is 6.10 Å². The molecule has 4 heteroatoms. The molecule has 1 heterocycles. The number of nitrogens with one attached hydrogen (secondary N) is 1. The molecule has 1 fully saturated rings. The summed E-state index contributed by atoms with van der Waals surface area (Å²) in [6, 6.07) is 3.74. The molecular formula is C14H21ClN2O. The first-order chi connectivity index (χ1) is 8.79. The fourth-order valence-electron chi connectivity index (χ4n) is 2.35. The maximum absolute atomic E-state index is 6.09. The van der Waals surface area contributed by atoms with Gasteiger partial charge in [0, 0.05) is 12.6 Å². The van der Waals surface area contributed by atoms with Crippen LogP contribution >= 0.6 is 11.6 Å². The van der Waals surface area contributed by atoms with E-state index in [1.165, 1.54) is 25.7 Å². The van der Waals surface area contributed by atoms with Crippen molar-refractivity contribution in [1.29, 1.82) is 0 Å². The first-order valence-electron chi connectivity index (χ1n) is 6.76. The third-order valence-corrected chi connectivity index (χ3v) is 3.67. The number of hydrogen-bond acceptors (Lipinski definition) is 3. The van der Waals surface area contributed by atoms with Gasteiger partial charge in [0.25, 0.3) is 0 Å². The highest BCUT2D eigenvalue weighted by atomic mass is 35.5. The van der Waals surface area contributed by atoms with Gasteiger partial charge in [-0.2, -0.15) is 0 Å². The van der Waals surface area contributed by atoms with Gasteiger partial charge in [0.15, 0.2) is 0 Å². The van der Waals surface area contributed by atoms with Crippen molar-refractivity contribution in [2.24, 2.45) is 0 Å². The summed E-state index contributed by atoms with van der Waals surface area (Å²) < 4.78 is 5.98. The van der Waals surface area contributed by atoms with E-state index in [1.54, 1.807) is 0 Å². The lowest BCUT2D eigenvalue weighted by molar-refractivity contribution is 0.176. The second-order valence-corrected chi connectivity index (χ2v) is 5.25. The summed E-state index contributed by atoms with van der Waals surface area (Å²) in [5.74, 6) is 0.705. The summed E-state index contributed by atoms with van der Waals surface area (Å²) in [4.78, 5) is 4.47. The van der Waals surface area contributed by atoms with E-state index in [0.717, 1.165) is 18.5 Å². The minimum Gasteiger partial charge on any atom is -0.474 e. The van der Waals surface area contributed by atoms with E-state index < -0.39 is 0 Å². The summed E-state index contributed by atoms with van der Waals surface area (Å²) in [5.41, 5.74) is 0.852. The van der Waals surface area contributed by atoms with Crippen molar-refractivity contribution < 1.29 is 4.74 Å². The van der Waals surface area contributed by atoms with Gasteiger partial charge in [0.2, 0.25) is 5.88 Å². The van der Waals surface area contributed by atoms with Gasteiger partial charge in [-0.3, -0.25) is 0 Å². The van der Waals surface area contributed by atoms with Crippen LogP contribution in [0.2, 0.25) is 5.02 Å². The number of pyridine rings is 1. The quantitative estimate of drug-likeness (QED) is 0.848. The van der Waals surface area contributed by atoms with Crippen molar-refractivity contribution in [3.63, 3.8) is 0 Å². The van der Waals surface area contributed by atoms with Gasteiger partial charge in [-0.25, -0.2) is 4.98 Å². The molecule has 100 valence electrons. The molecule has 0 aromatic carbocycles. The fraction of sp³-hybridized carbons (Fsp3) is 0.643. The molecule has 0 unspecified atom stereocenters. The predicted molar refractivity (Wildman–Crippen MR) is 74.1 cm³/mol. The molecule has 1 aliphatic rings. The Hall–Kier alpha value is -0.800. The highest BCUT2D eigenvalue weighted by Gasteiger charge is 2.14. The van der Waals surface area contributed by atoms with Crippen LogP contribution in [0.3, 0.4) is 0 Å². The van der Waals surface area contributed by atoms with Crippen LogP contribution in [0, 0.1) is 0 Å². The molecule has 0 radical (unpaired) electrons. The van der Waals surface area contributed by atoms with E-state index in [9.17, 15) is 0 Å². The van der Waals surface area contributed by atoms with Crippen LogP contribution in [0.4, 0.5) is 0 Å². The highest BCUT2D eigenvalue weighted by molar-refractivity contribution is 6.31. The first-order valence-corrected chi connectivity index (χ1v) is 7.14. The van der Waals surface area contributed by atoms with Gasteiger partial charge in [-0.15, -0.1) is 0 Å². The Morgan fingerprint density at radius 2 is 2.00 bits per heavy atom. The van der Waals surface area contributed by atoms with Crippen molar-refractivity contribution >= 4 is 11.6 Å². The van der Waals surface area contributed by atoms with Gasteiger partial charge in [-0.05, 0) is 38.8 Å². The van der Waals surface area contributed by atoms with E-state index in [4.69, 9.17) is 16.3 Å². The molecule has 18 heavy (non-hydrogen) atoms. The normalized spacial score (nSPS) is 17.4. The molecule has 0 aliphatic heterocycles. The zero-order valence-corrected chi connectivity index (χ0v) is 11.7. The second-order valence-electron chi connectivity index (χ2n) is 4.84. The maximum atomic E-state index is 6.09. The zero-order valence-electron chi connectivity index (χ0n) is 10.9. The molecule has 0 amide bonds. The summed E-state index contributed by atoms with van der Waals surface area (Å²) in [6.45, 7) is 0.667. The third-order valence-electron chi connectivity index (χ3n) is 3.33. The van der Waals surface area contributed by atoms with Crippen molar-refractivity contribution in [3.05, 3.63) is 22.8 Å². The molecule has 0 atom stereocenters. The molecule has 1 aromatic rings. The van der Waals surface area contributed by atoms with Crippen LogP contribution in [0.25, 0.3) is 0 Å². The van der Waals surface area contributed by atoms with Crippen LogP contribution in [-0.4, -0.2) is 18.1 Å². The number of aromatic nitrogens is 1. The maximum Gasteiger partial charge on any atom is 0.213 e. The molecule has 0 saturated heterocycles. The van der Waals surface area contributed by atoms with Crippen molar-refractivity contribution in [2.75, 3.05) is 7.05 Å². The average Bonchev–Trinajstić information content (AvgIpc) is 2.62. The molecule has 1 aliphatic carbocycles. The summed E-state index contributed by atoms with van der Waals surface area (Å²) in [6.07, 6.45) is 7.81. The van der Waals surface area contributed by atoms with Crippen LogP contribution < -0.4 is 10.1 Å². The number of nitrogens with zero attached hydrogens (tertiary/aromatic N) is 1. The van der Waals surface area contributed by atoms with Crippen LogP contribution in [0.5, 0.6) is 5.88 Å². The van der Waals surface area contributed by atoms with Crippen LogP contribution in [0.1, 0.15) is 44.2 Å².